The summed E-state index contributed by atoms with van der Waals surface area (Å²) >= 11 is 3.42. The second-order valence-corrected chi connectivity index (χ2v) is 4.96. The summed E-state index contributed by atoms with van der Waals surface area (Å²) in [6, 6.07) is 8.28. The molecule has 0 spiro atoms. The van der Waals surface area contributed by atoms with Crippen LogP contribution in [0.25, 0.3) is 0 Å². The van der Waals surface area contributed by atoms with E-state index in [0.29, 0.717) is 0 Å². The van der Waals surface area contributed by atoms with E-state index >= 15 is 0 Å². The largest absolute Gasteiger partial charge is 0.352 e. The first-order valence-corrected chi connectivity index (χ1v) is 5.54. The van der Waals surface area contributed by atoms with Gasteiger partial charge in [-0.25, -0.2) is 0 Å². The van der Waals surface area contributed by atoms with E-state index in [2.05, 4.69) is 33.4 Å². The molecule has 1 unspecified atom stereocenters. The molecule has 0 aromatic heterocycles. The second-order valence-electron chi connectivity index (χ2n) is 4.05. The van der Waals surface area contributed by atoms with Crippen molar-refractivity contribution in [2.45, 2.75) is 25.7 Å². The van der Waals surface area contributed by atoms with E-state index in [0.717, 1.165) is 11.0 Å². The minimum atomic E-state index is -0.197. The van der Waals surface area contributed by atoms with Crippen molar-refractivity contribution in [2.24, 2.45) is 0 Å². The van der Waals surface area contributed by atoms with E-state index in [4.69, 9.17) is 4.74 Å². The molecule has 1 saturated heterocycles. The molecule has 76 valence electrons. The SMILES string of the molecule is CC1(C)NCC(c2ccc(Br)cc2)O1. The van der Waals surface area contributed by atoms with E-state index in [1.807, 2.05) is 26.0 Å². The number of rotatable bonds is 1. The van der Waals surface area contributed by atoms with Crippen molar-refractivity contribution < 1.29 is 4.74 Å². The molecule has 3 heteroatoms. The maximum atomic E-state index is 5.85. The number of hydrogen-bond acceptors (Lipinski definition) is 2. The van der Waals surface area contributed by atoms with Gasteiger partial charge in [-0.2, -0.15) is 0 Å². The normalized spacial score (nSPS) is 25.2. The van der Waals surface area contributed by atoms with Crippen molar-refractivity contribution in [3.8, 4) is 0 Å². The molecule has 0 aliphatic carbocycles. The zero-order valence-corrected chi connectivity index (χ0v) is 9.97. The molecule has 1 heterocycles. The molecule has 0 saturated carbocycles. The minimum Gasteiger partial charge on any atom is -0.352 e. The van der Waals surface area contributed by atoms with E-state index < -0.39 is 0 Å². The third-order valence-electron chi connectivity index (χ3n) is 2.39. The molecule has 1 aliphatic rings. The number of nitrogens with one attached hydrogen (secondary N) is 1. The molecule has 1 N–H and O–H groups in total. The fraction of sp³-hybridized carbons (Fsp3) is 0.455. The predicted octanol–water partition coefficient (Wildman–Crippen LogP) is 2.85. The smallest absolute Gasteiger partial charge is 0.114 e. The predicted molar refractivity (Wildman–Crippen MR) is 60.0 cm³/mol. The van der Waals surface area contributed by atoms with Gasteiger partial charge in [0.05, 0.1) is 6.10 Å². The van der Waals surface area contributed by atoms with Crippen LogP contribution in [-0.4, -0.2) is 12.3 Å². The molecule has 0 bridgehead atoms. The second kappa shape index (κ2) is 3.65. The Kier molecular flexibility index (Phi) is 2.64. The Balaban J connectivity index is 2.14. The summed E-state index contributed by atoms with van der Waals surface area (Å²) < 4.78 is 6.95. The van der Waals surface area contributed by atoms with Crippen molar-refractivity contribution in [3.63, 3.8) is 0 Å². The fourth-order valence-corrected chi connectivity index (χ4v) is 1.91. The monoisotopic (exact) mass is 255 g/mol. The molecule has 1 atom stereocenters. The Morgan fingerprint density at radius 2 is 2.00 bits per heavy atom. The van der Waals surface area contributed by atoms with E-state index in [1.165, 1.54) is 5.56 Å². The van der Waals surface area contributed by atoms with Crippen LogP contribution in [0, 0.1) is 0 Å². The van der Waals surface area contributed by atoms with Crippen LogP contribution in [0.5, 0.6) is 0 Å². The third kappa shape index (κ3) is 2.16. The van der Waals surface area contributed by atoms with Crippen LogP contribution in [0.2, 0.25) is 0 Å². The standard InChI is InChI=1S/C11H14BrNO/c1-11(2)13-7-10(14-11)8-3-5-9(12)6-4-8/h3-6,10,13H,7H2,1-2H3. The van der Waals surface area contributed by atoms with Gasteiger partial charge in [0, 0.05) is 11.0 Å². The molecule has 2 nitrogen and oxygen atoms in total. The molecule has 14 heavy (non-hydrogen) atoms. The summed E-state index contributed by atoms with van der Waals surface area (Å²) in [7, 11) is 0. The number of ether oxygens (including phenoxy) is 1. The van der Waals surface area contributed by atoms with E-state index in [9.17, 15) is 0 Å². The lowest BCUT2D eigenvalue weighted by molar-refractivity contribution is -0.0241. The van der Waals surface area contributed by atoms with Gasteiger partial charge in [-0.1, -0.05) is 28.1 Å². The Labute approximate surface area is 92.8 Å². The van der Waals surface area contributed by atoms with Gasteiger partial charge in [0.1, 0.15) is 5.72 Å². The van der Waals surface area contributed by atoms with Crippen molar-refractivity contribution in [2.75, 3.05) is 6.54 Å². The summed E-state index contributed by atoms with van der Waals surface area (Å²) in [6.45, 7) is 4.98. The van der Waals surface area contributed by atoms with Crippen LogP contribution in [0.15, 0.2) is 28.7 Å². The zero-order valence-electron chi connectivity index (χ0n) is 8.38. The van der Waals surface area contributed by atoms with Crippen molar-refractivity contribution >= 4 is 15.9 Å². The summed E-state index contributed by atoms with van der Waals surface area (Å²) in [5.41, 5.74) is 1.03. The summed E-state index contributed by atoms with van der Waals surface area (Å²) in [4.78, 5) is 0. The average Bonchev–Trinajstić information content (AvgIpc) is 2.47. The topological polar surface area (TPSA) is 21.3 Å². The lowest BCUT2D eigenvalue weighted by atomic mass is 10.1. The molecular formula is C11H14BrNO. The molecule has 0 amide bonds. The summed E-state index contributed by atoms with van der Waals surface area (Å²) in [5, 5.41) is 3.33. The maximum absolute atomic E-state index is 5.85. The Bertz CT molecular complexity index is 321. The molecular weight excluding hydrogens is 242 g/mol. The van der Waals surface area contributed by atoms with Crippen molar-refractivity contribution in [1.82, 2.24) is 5.32 Å². The molecule has 1 aromatic carbocycles. The Morgan fingerprint density at radius 1 is 1.36 bits per heavy atom. The van der Waals surface area contributed by atoms with Crippen LogP contribution >= 0.6 is 15.9 Å². The number of halogens is 1. The highest BCUT2D eigenvalue weighted by Gasteiger charge is 2.31. The number of hydrogen-bond donors (Lipinski definition) is 1. The van der Waals surface area contributed by atoms with Crippen LogP contribution < -0.4 is 5.32 Å². The van der Waals surface area contributed by atoms with Gasteiger partial charge >= 0.3 is 0 Å². The van der Waals surface area contributed by atoms with Crippen molar-refractivity contribution in [3.05, 3.63) is 34.3 Å². The lowest BCUT2D eigenvalue weighted by Crippen LogP contribution is -2.33. The Morgan fingerprint density at radius 3 is 2.50 bits per heavy atom. The van der Waals surface area contributed by atoms with E-state index in [1.54, 1.807) is 0 Å². The molecule has 1 aliphatic heterocycles. The number of benzene rings is 1. The first-order chi connectivity index (χ1) is 6.57. The van der Waals surface area contributed by atoms with Gasteiger partial charge in [0.2, 0.25) is 0 Å². The van der Waals surface area contributed by atoms with Crippen LogP contribution in [0.3, 0.4) is 0 Å². The van der Waals surface area contributed by atoms with Crippen molar-refractivity contribution in [1.29, 1.82) is 0 Å². The van der Waals surface area contributed by atoms with Gasteiger partial charge in [0.15, 0.2) is 0 Å². The van der Waals surface area contributed by atoms with Gasteiger partial charge < -0.3 is 4.74 Å². The first-order valence-electron chi connectivity index (χ1n) is 4.75. The highest BCUT2D eigenvalue weighted by atomic mass is 79.9. The molecule has 1 fully saturated rings. The van der Waals surface area contributed by atoms with Crippen LogP contribution in [0.4, 0.5) is 0 Å². The van der Waals surface area contributed by atoms with Crippen LogP contribution in [0.1, 0.15) is 25.5 Å². The third-order valence-corrected chi connectivity index (χ3v) is 2.92. The Hall–Kier alpha value is -0.380. The first kappa shape index (κ1) is 10.1. The van der Waals surface area contributed by atoms with Gasteiger partial charge in [-0.05, 0) is 31.5 Å². The zero-order chi connectivity index (χ0) is 10.2. The van der Waals surface area contributed by atoms with Gasteiger partial charge in [-0.3, -0.25) is 5.32 Å². The fourth-order valence-electron chi connectivity index (χ4n) is 1.64. The van der Waals surface area contributed by atoms with Gasteiger partial charge in [-0.15, -0.1) is 0 Å². The average molecular weight is 256 g/mol. The quantitative estimate of drug-likeness (QED) is 0.834. The molecule has 0 radical (unpaired) electrons. The lowest BCUT2D eigenvalue weighted by Gasteiger charge is -2.18. The van der Waals surface area contributed by atoms with Gasteiger partial charge in [0.25, 0.3) is 0 Å². The maximum Gasteiger partial charge on any atom is 0.114 e. The molecule has 2 rings (SSSR count). The minimum absolute atomic E-state index is 0.179. The summed E-state index contributed by atoms with van der Waals surface area (Å²) in [5.74, 6) is 0. The van der Waals surface area contributed by atoms with E-state index in [-0.39, 0.29) is 11.8 Å². The highest BCUT2D eigenvalue weighted by Crippen LogP contribution is 2.28. The highest BCUT2D eigenvalue weighted by molar-refractivity contribution is 9.10. The van der Waals surface area contributed by atoms with Crippen LogP contribution in [-0.2, 0) is 4.74 Å². The molecule has 1 aromatic rings. The summed E-state index contributed by atoms with van der Waals surface area (Å²) in [6.07, 6.45) is 0.179.